The van der Waals surface area contributed by atoms with Crippen molar-refractivity contribution >= 4 is 29.6 Å². The van der Waals surface area contributed by atoms with Crippen molar-refractivity contribution in [3.05, 3.63) is 64.6 Å². The van der Waals surface area contributed by atoms with Crippen LogP contribution in [0.3, 0.4) is 0 Å². The molecule has 2 rings (SSSR count). The molecule has 0 aliphatic rings. The molecule has 0 saturated heterocycles. The summed E-state index contributed by atoms with van der Waals surface area (Å²) in [5.74, 6) is -0.705. The van der Waals surface area contributed by atoms with Gasteiger partial charge in [0.15, 0.2) is 0 Å². The highest BCUT2D eigenvalue weighted by Crippen LogP contribution is 2.19. The van der Waals surface area contributed by atoms with E-state index in [2.05, 4.69) is 5.32 Å². The Bertz CT molecular complexity index is 677. The van der Waals surface area contributed by atoms with Crippen molar-refractivity contribution in [1.29, 1.82) is 0 Å². The maximum Gasteiger partial charge on any atom is 0.328 e. The van der Waals surface area contributed by atoms with Gasteiger partial charge in [0.05, 0.1) is 12.8 Å². The molecule has 0 aliphatic heterocycles. The molecule has 1 amide bonds. The van der Waals surface area contributed by atoms with Crippen molar-refractivity contribution in [2.75, 3.05) is 0 Å². The summed E-state index contributed by atoms with van der Waals surface area (Å²) < 4.78 is 5.11. The van der Waals surface area contributed by atoms with E-state index in [-0.39, 0.29) is 12.5 Å². The summed E-state index contributed by atoms with van der Waals surface area (Å²) in [5, 5.41) is 11.6. The van der Waals surface area contributed by atoms with Crippen LogP contribution in [0.4, 0.5) is 0 Å². The first kappa shape index (κ1) is 14.9. The second kappa shape index (κ2) is 6.76. The number of amides is 1. The van der Waals surface area contributed by atoms with Gasteiger partial charge in [-0.1, -0.05) is 17.7 Å². The van der Waals surface area contributed by atoms with Crippen molar-refractivity contribution in [2.45, 2.75) is 6.54 Å². The predicted molar refractivity (Wildman–Crippen MR) is 78.0 cm³/mol. The fourth-order valence-electron chi connectivity index (χ4n) is 1.65. The number of carboxylic acid groups (broad SMARTS) is 1. The van der Waals surface area contributed by atoms with Crippen LogP contribution in [0.1, 0.15) is 21.7 Å². The van der Waals surface area contributed by atoms with Crippen molar-refractivity contribution < 1.29 is 19.1 Å². The number of halogens is 1. The van der Waals surface area contributed by atoms with Crippen LogP contribution in [-0.2, 0) is 11.3 Å². The molecule has 2 aromatic rings. The number of carbonyl (C=O) groups excluding carboxylic acids is 1. The topological polar surface area (TPSA) is 79.5 Å². The van der Waals surface area contributed by atoms with Crippen LogP contribution in [0, 0.1) is 0 Å². The Kier molecular flexibility index (Phi) is 4.79. The predicted octanol–water partition coefficient (Wildman–Crippen LogP) is 2.96. The lowest BCUT2D eigenvalue weighted by Crippen LogP contribution is -2.22. The summed E-state index contributed by atoms with van der Waals surface area (Å²) >= 11 is 6.01. The summed E-state index contributed by atoms with van der Waals surface area (Å²) in [7, 11) is 0. The highest BCUT2D eigenvalue weighted by atomic mass is 35.5. The Morgan fingerprint density at radius 2 is 2.14 bits per heavy atom. The monoisotopic (exact) mass is 305 g/mol. The van der Waals surface area contributed by atoms with E-state index >= 15 is 0 Å². The second-order valence-electron chi connectivity index (χ2n) is 4.17. The molecule has 0 fully saturated rings. The molecule has 0 atom stereocenters. The minimum atomic E-state index is -1.06. The van der Waals surface area contributed by atoms with Gasteiger partial charge in [0.1, 0.15) is 5.76 Å². The van der Waals surface area contributed by atoms with Crippen LogP contribution in [0.5, 0.6) is 0 Å². The molecule has 21 heavy (non-hydrogen) atoms. The van der Waals surface area contributed by atoms with Gasteiger partial charge < -0.3 is 14.8 Å². The third-order valence-corrected chi connectivity index (χ3v) is 3.00. The lowest BCUT2D eigenvalue weighted by molar-refractivity contribution is -0.131. The number of hydrogen-bond donors (Lipinski definition) is 2. The van der Waals surface area contributed by atoms with Crippen LogP contribution in [0.25, 0.3) is 6.08 Å². The Morgan fingerprint density at radius 3 is 2.76 bits per heavy atom. The number of aliphatic carboxylic acids is 1. The van der Waals surface area contributed by atoms with Gasteiger partial charge in [0.25, 0.3) is 5.91 Å². The fraction of sp³-hybridized carbons (Fsp3) is 0.0667. The van der Waals surface area contributed by atoms with Crippen molar-refractivity contribution in [3.8, 4) is 0 Å². The van der Waals surface area contributed by atoms with Gasteiger partial charge in [-0.2, -0.15) is 0 Å². The number of carbonyl (C=O) groups is 2. The molecule has 0 aliphatic carbocycles. The molecule has 0 spiro atoms. The zero-order valence-electron chi connectivity index (χ0n) is 10.9. The quantitative estimate of drug-likeness (QED) is 0.832. The molecule has 1 heterocycles. The van der Waals surface area contributed by atoms with Crippen molar-refractivity contribution in [2.24, 2.45) is 0 Å². The van der Waals surface area contributed by atoms with Crippen molar-refractivity contribution in [3.63, 3.8) is 0 Å². The van der Waals surface area contributed by atoms with Crippen LogP contribution < -0.4 is 5.32 Å². The van der Waals surface area contributed by atoms with E-state index in [4.69, 9.17) is 21.1 Å². The Balaban J connectivity index is 2.05. The number of hydrogen-bond acceptors (Lipinski definition) is 3. The van der Waals surface area contributed by atoms with Crippen LogP contribution in [0.15, 0.2) is 47.1 Å². The fourth-order valence-corrected chi connectivity index (χ4v) is 1.89. The summed E-state index contributed by atoms with van der Waals surface area (Å²) in [4.78, 5) is 22.4. The van der Waals surface area contributed by atoms with Gasteiger partial charge in [-0.25, -0.2) is 4.79 Å². The van der Waals surface area contributed by atoms with Gasteiger partial charge in [0.2, 0.25) is 0 Å². The normalized spacial score (nSPS) is 10.7. The third kappa shape index (κ3) is 4.22. The zero-order valence-corrected chi connectivity index (χ0v) is 11.6. The summed E-state index contributed by atoms with van der Waals surface area (Å²) in [6.45, 7) is 0.282. The second-order valence-corrected chi connectivity index (χ2v) is 4.58. The van der Waals surface area contributed by atoms with Crippen LogP contribution >= 0.6 is 11.6 Å². The molecule has 5 nitrogen and oxygen atoms in total. The summed E-state index contributed by atoms with van der Waals surface area (Å²) in [6, 6.07) is 8.14. The van der Waals surface area contributed by atoms with E-state index in [0.29, 0.717) is 21.9 Å². The zero-order chi connectivity index (χ0) is 15.2. The third-order valence-electron chi connectivity index (χ3n) is 2.67. The minimum absolute atomic E-state index is 0.282. The first-order valence-corrected chi connectivity index (χ1v) is 6.45. The molecule has 108 valence electrons. The number of rotatable bonds is 5. The number of carboxylic acids is 1. The first-order chi connectivity index (χ1) is 10.1. The molecule has 6 heteroatoms. The Hall–Kier alpha value is -2.53. The standard InChI is InChI=1S/C15H12ClNO4/c16-13-8-11(4-3-10(13)5-6-14(18)19)15(20)17-9-12-2-1-7-21-12/h1-8H,9H2,(H,17,20)(H,18,19)/b6-5+. The van der Waals surface area contributed by atoms with Gasteiger partial charge in [-0.3, -0.25) is 4.79 Å². The first-order valence-electron chi connectivity index (χ1n) is 6.07. The molecule has 2 N–H and O–H groups in total. The van der Waals surface area contributed by atoms with Gasteiger partial charge in [0, 0.05) is 16.7 Å². The number of benzene rings is 1. The highest BCUT2D eigenvalue weighted by Gasteiger charge is 2.08. The minimum Gasteiger partial charge on any atom is -0.478 e. The number of nitrogens with one attached hydrogen (secondary N) is 1. The smallest absolute Gasteiger partial charge is 0.328 e. The molecule has 0 radical (unpaired) electrons. The molecule has 0 bridgehead atoms. The highest BCUT2D eigenvalue weighted by molar-refractivity contribution is 6.32. The molecular weight excluding hydrogens is 294 g/mol. The van der Waals surface area contributed by atoms with E-state index < -0.39 is 5.97 Å². The molecular formula is C15H12ClNO4. The van der Waals surface area contributed by atoms with Gasteiger partial charge in [-0.05, 0) is 35.9 Å². The van der Waals surface area contributed by atoms with E-state index in [1.54, 1.807) is 24.3 Å². The van der Waals surface area contributed by atoms with Crippen molar-refractivity contribution in [1.82, 2.24) is 5.32 Å². The average Bonchev–Trinajstić information content (AvgIpc) is 2.96. The molecule has 1 aromatic carbocycles. The molecule has 0 unspecified atom stereocenters. The van der Waals surface area contributed by atoms with E-state index in [1.165, 1.54) is 18.4 Å². The van der Waals surface area contributed by atoms with E-state index in [1.807, 2.05) is 0 Å². The maximum absolute atomic E-state index is 11.9. The van der Waals surface area contributed by atoms with Crippen LogP contribution in [-0.4, -0.2) is 17.0 Å². The summed E-state index contributed by atoms with van der Waals surface area (Å²) in [5.41, 5.74) is 0.917. The summed E-state index contributed by atoms with van der Waals surface area (Å²) in [6.07, 6.45) is 3.88. The maximum atomic E-state index is 11.9. The SMILES string of the molecule is O=C(O)/C=C/c1ccc(C(=O)NCc2ccco2)cc1Cl. The largest absolute Gasteiger partial charge is 0.478 e. The Labute approximate surface area is 125 Å². The van der Waals surface area contributed by atoms with Gasteiger partial charge in [-0.15, -0.1) is 0 Å². The lowest BCUT2D eigenvalue weighted by Gasteiger charge is -2.05. The Morgan fingerprint density at radius 1 is 1.33 bits per heavy atom. The lowest BCUT2D eigenvalue weighted by atomic mass is 10.1. The number of furan rings is 1. The van der Waals surface area contributed by atoms with Gasteiger partial charge >= 0.3 is 5.97 Å². The van der Waals surface area contributed by atoms with E-state index in [0.717, 1.165) is 6.08 Å². The van der Waals surface area contributed by atoms with E-state index in [9.17, 15) is 9.59 Å². The van der Waals surface area contributed by atoms with Crippen LogP contribution in [0.2, 0.25) is 5.02 Å². The average molecular weight is 306 g/mol. The molecule has 1 aromatic heterocycles. The molecule has 0 saturated carbocycles.